The minimum Gasteiger partial charge on any atom is -0.480 e. The average molecular weight is 229 g/mol. The van der Waals surface area contributed by atoms with E-state index in [4.69, 9.17) is 5.11 Å². The molecule has 15 heavy (non-hydrogen) atoms. The predicted molar refractivity (Wildman–Crippen MR) is 54.7 cm³/mol. The van der Waals surface area contributed by atoms with Crippen LogP contribution in [-0.4, -0.2) is 28.6 Å². The fourth-order valence-electron chi connectivity index (χ4n) is 0.875. The molecule has 0 aromatic carbocycles. The number of carbonyl (C=O) groups is 2. The maximum Gasteiger partial charge on any atom is 0.323 e. The number of thiazole rings is 1. The molecule has 0 saturated heterocycles. The first-order valence-electron chi connectivity index (χ1n) is 4.22. The maximum atomic E-state index is 11.1. The predicted octanol–water partition coefficient (Wildman–Crippen LogP) is 0.335. The lowest BCUT2D eigenvalue weighted by Crippen LogP contribution is -2.37. The number of hydrogen-bond donors (Lipinski definition) is 3. The van der Waals surface area contributed by atoms with Gasteiger partial charge in [0.25, 0.3) is 0 Å². The first-order valence-corrected chi connectivity index (χ1v) is 5.10. The number of aliphatic carboxylic acids is 1. The van der Waals surface area contributed by atoms with Gasteiger partial charge in [0, 0.05) is 4.88 Å². The van der Waals surface area contributed by atoms with Crippen LogP contribution in [0.4, 0.5) is 4.79 Å². The van der Waals surface area contributed by atoms with Crippen molar-refractivity contribution in [3.63, 3.8) is 0 Å². The molecule has 6 nitrogen and oxygen atoms in total. The standard InChI is InChI=1S/C8H11N3O3S/c1-5-6(15-4-11-5)2-9-8(14)10-3-7(12)13/h4H,2-3H2,1H3,(H,12,13)(H2,9,10,14). The largest absolute Gasteiger partial charge is 0.480 e. The molecule has 1 heterocycles. The van der Waals surface area contributed by atoms with Gasteiger partial charge >= 0.3 is 12.0 Å². The number of amides is 2. The molecule has 0 bridgehead atoms. The molecule has 7 heteroatoms. The van der Waals surface area contributed by atoms with Crippen LogP contribution in [0.2, 0.25) is 0 Å². The summed E-state index contributed by atoms with van der Waals surface area (Å²) in [6, 6.07) is -0.495. The van der Waals surface area contributed by atoms with Gasteiger partial charge in [0.15, 0.2) is 0 Å². The summed E-state index contributed by atoms with van der Waals surface area (Å²) < 4.78 is 0. The minimum atomic E-state index is -1.07. The second-order valence-corrected chi connectivity index (χ2v) is 3.73. The van der Waals surface area contributed by atoms with Crippen LogP contribution >= 0.6 is 11.3 Å². The average Bonchev–Trinajstić information content (AvgIpc) is 2.58. The summed E-state index contributed by atoms with van der Waals surface area (Å²) in [6.07, 6.45) is 0. The van der Waals surface area contributed by atoms with E-state index in [9.17, 15) is 9.59 Å². The first-order chi connectivity index (χ1) is 7.09. The van der Waals surface area contributed by atoms with Crippen molar-refractivity contribution in [3.05, 3.63) is 16.1 Å². The maximum absolute atomic E-state index is 11.1. The molecular formula is C8H11N3O3S. The molecule has 0 atom stereocenters. The summed E-state index contributed by atoms with van der Waals surface area (Å²) >= 11 is 1.45. The highest BCUT2D eigenvalue weighted by atomic mass is 32.1. The van der Waals surface area contributed by atoms with Gasteiger partial charge in [-0.15, -0.1) is 11.3 Å². The van der Waals surface area contributed by atoms with Crippen molar-refractivity contribution in [2.24, 2.45) is 0 Å². The quantitative estimate of drug-likeness (QED) is 0.694. The van der Waals surface area contributed by atoms with Gasteiger partial charge in [-0.1, -0.05) is 0 Å². The zero-order chi connectivity index (χ0) is 11.3. The number of carboxylic acid groups (broad SMARTS) is 1. The fraction of sp³-hybridized carbons (Fsp3) is 0.375. The summed E-state index contributed by atoms with van der Waals surface area (Å²) in [4.78, 5) is 26.2. The lowest BCUT2D eigenvalue weighted by atomic mass is 10.4. The Morgan fingerprint density at radius 3 is 2.80 bits per heavy atom. The van der Waals surface area contributed by atoms with Crippen molar-refractivity contribution in [2.75, 3.05) is 6.54 Å². The van der Waals surface area contributed by atoms with Gasteiger partial charge in [0.2, 0.25) is 0 Å². The Morgan fingerprint density at radius 1 is 1.53 bits per heavy atom. The Hall–Kier alpha value is -1.63. The highest BCUT2D eigenvalue weighted by molar-refractivity contribution is 7.09. The molecule has 3 N–H and O–H groups in total. The molecule has 0 aliphatic carbocycles. The van der Waals surface area contributed by atoms with Crippen molar-refractivity contribution in [3.8, 4) is 0 Å². The van der Waals surface area contributed by atoms with Crippen LogP contribution in [0, 0.1) is 6.92 Å². The summed E-state index contributed by atoms with van der Waals surface area (Å²) in [5, 5.41) is 13.0. The number of nitrogens with zero attached hydrogens (tertiary/aromatic N) is 1. The highest BCUT2D eigenvalue weighted by Gasteiger charge is 2.05. The normalized spacial score (nSPS) is 9.67. The Balaban J connectivity index is 2.28. The van der Waals surface area contributed by atoms with Crippen LogP contribution in [0.15, 0.2) is 5.51 Å². The van der Waals surface area contributed by atoms with Gasteiger partial charge in [0.05, 0.1) is 17.7 Å². The Morgan fingerprint density at radius 2 is 2.27 bits per heavy atom. The van der Waals surface area contributed by atoms with Crippen LogP contribution in [0.5, 0.6) is 0 Å². The van der Waals surface area contributed by atoms with Gasteiger partial charge < -0.3 is 15.7 Å². The number of aryl methyl sites for hydroxylation is 1. The van der Waals surface area contributed by atoms with Gasteiger partial charge in [-0.3, -0.25) is 4.79 Å². The smallest absolute Gasteiger partial charge is 0.323 e. The molecule has 0 saturated carbocycles. The summed E-state index contributed by atoms with van der Waals surface area (Å²) in [5.41, 5.74) is 2.57. The molecule has 1 aromatic rings. The van der Waals surface area contributed by atoms with E-state index in [1.807, 2.05) is 6.92 Å². The Bertz CT molecular complexity index is 364. The van der Waals surface area contributed by atoms with E-state index in [1.54, 1.807) is 5.51 Å². The van der Waals surface area contributed by atoms with Crippen LogP contribution in [-0.2, 0) is 11.3 Å². The van der Waals surface area contributed by atoms with Gasteiger partial charge in [-0.25, -0.2) is 9.78 Å². The van der Waals surface area contributed by atoms with Crippen molar-refractivity contribution in [2.45, 2.75) is 13.5 Å². The minimum absolute atomic E-state index is 0.363. The van der Waals surface area contributed by atoms with Crippen LogP contribution < -0.4 is 10.6 Å². The Labute approximate surface area is 90.3 Å². The van der Waals surface area contributed by atoms with Gasteiger partial charge in [0.1, 0.15) is 6.54 Å². The molecular weight excluding hydrogens is 218 g/mol. The van der Waals surface area contributed by atoms with Crippen LogP contribution in [0.25, 0.3) is 0 Å². The second kappa shape index (κ2) is 5.30. The summed E-state index contributed by atoms with van der Waals surface area (Å²) in [6.45, 7) is 1.83. The summed E-state index contributed by atoms with van der Waals surface area (Å²) in [7, 11) is 0. The van der Waals surface area contributed by atoms with E-state index in [-0.39, 0.29) is 6.54 Å². The van der Waals surface area contributed by atoms with Gasteiger partial charge in [-0.2, -0.15) is 0 Å². The van der Waals surface area contributed by atoms with Crippen LogP contribution in [0.1, 0.15) is 10.6 Å². The third kappa shape index (κ3) is 3.94. The zero-order valence-electron chi connectivity index (χ0n) is 8.11. The third-order valence-electron chi connectivity index (χ3n) is 1.65. The number of urea groups is 1. The SMILES string of the molecule is Cc1ncsc1CNC(=O)NCC(=O)O. The molecule has 0 aliphatic rings. The molecule has 82 valence electrons. The number of aromatic nitrogens is 1. The number of nitrogens with one attached hydrogen (secondary N) is 2. The molecule has 0 spiro atoms. The molecule has 1 rings (SSSR count). The molecule has 0 fully saturated rings. The molecule has 1 aromatic heterocycles. The monoisotopic (exact) mass is 229 g/mol. The van der Waals surface area contributed by atoms with E-state index in [2.05, 4.69) is 15.6 Å². The van der Waals surface area contributed by atoms with Crippen molar-refractivity contribution >= 4 is 23.3 Å². The molecule has 0 unspecified atom stereocenters. The number of carboxylic acids is 1. The summed E-state index contributed by atoms with van der Waals surface area (Å²) in [5.74, 6) is -1.07. The van der Waals surface area contributed by atoms with Crippen molar-refractivity contribution < 1.29 is 14.7 Å². The van der Waals surface area contributed by atoms with E-state index < -0.39 is 12.0 Å². The Kier molecular flexibility index (Phi) is 4.04. The van der Waals surface area contributed by atoms with E-state index in [0.29, 0.717) is 6.54 Å². The van der Waals surface area contributed by atoms with Crippen molar-refractivity contribution in [1.82, 2.24) is 15.6 Å². The first kappa shape index (κ1) is 11.4. The van der Waals surface area contributed by atoms with Crippen molar-refractivity contribution in [1.29, 1.82) is 0 Å². The van der Waals surface area contributed by atoms with E-state index >= 15 is 0 Å². The molecule has 2 amide bonds. The van der Waals surface area contributed by atoms with Crippen LogP contribution in [0.3, 0.4) is 0 Å². The highest BCUT2D eigenvalue weighted by Crippen LogP contribution is 2.10. The zero-order valence-corrected chi connectivity index (χ0v) is 8.93. The number of hydrogen-bond acceptors (Lipinski definition) is 4. The van der Waals surface area contributed by atoms with E-state index in [1.165, 1.54) is 11.3 Å². The lowest BCUT2D eigenvalue weighted by molar-refractivity contribution is -0.135. The number of rotatable bonds is 4. The fourth-order valence-corrected chi connectivity index (χ4v) is 1.59. The molecule has 0 radical (unpaired) electrons. The van der Waals surface area contributed by atoms with E-state index in [0.717, 1.165) is 10.6 Å². The number of carbonyl (C=O) groups excluding carboxylic acids is 1. The lowest BCUT2D eigenvalue weighted by Gasteiger charge is -2.04. The van der Waals surface area contributed by atoms with Gasteiger partial charge in [-0.05, 0) is 6.92 Å². The third-order valence-corrected chi connectivity index (χ3v) is 2.59. The topological polar surface area (TPSA) is 91.3 Å². The molecule has 0 aliphatic heterocycles. The second-order valence-electron chi connectivity index (χ2n) is 2.79.